The minimum absolute atomic E-state index is 0.00314. The first kappa shape index (κ1) is 20.7. The van der Waals surface area contributed by atoms with Gasteiger partial charge in [0.1, 0.15) is 0 Å². The van der Waals surface area contributed by atoms with Crippen molar-refractivity contribution in [1.29, 1.82) is 0 Å². The fourth-order valence-electron chi connectivity index (χ4n) is 3.76. The summed E-state index contributed by atoms with van der Waals surface area (Å²) in [6.45, 7) is 6.14. The van der Waals surface area contributed by atoms with Crippen LogP contribution >= 0.6 is 0 Å². The summed E-state index contributed by atoms with van der Waals surface area (Å²) in [5.41, 5.74) is 6.35. The van der Waals surface area contributed by atoms with E-state index < -0.39 is 0 Å². The van der Waals surface area contributed by atoms with Crippen molar-refractivity contribution in [2.24, 2.45) is 7.05 Å². The van der Waals surface area contributed by atoms with Crippen LogP contribution in [0.25, 0.3) is 22.2 Å². The number of likely N-dealkylation sites (N-methyl/N-ethyl adjacent to an activating group) is 1. The minimum atomic E-state index is -0.0255. The van der Waals surface area contributed by atoms with E-state index in [9.17, 15) is 4.79 Å². The molecule has 0 bridgehead atoms. The first-order chi connectivity index (χ1) is 14.8. The molecule has 6 heteroatoms. The van der Waals surface area contributed by atoms with Crippen molar-refractivity contribution in [2.75, 3.05) is 7.05 Å². The zero-order valence-corrected chi connectivity index (χ0v) is 18.6. The molecule has 0 radical (unpaired) electrons. The molecule has 0 N–H and O–H groups in total. The average Bonchev–Trinajstić information content (AvgIpc) is 3.19. The fourth-order valence-corrected chi connectivity index (χ4v) is 3.76. The maximum atomic E-state index is 13.6. The number of hydrogen-bond donors (Lipinski definition) is 0. The van der Waals surface area contributed by atoms with E-state index >= 15 is 0 Å². The molecule has 6 nitrogen and oxygen atoms in total. The summed E-state index contributed by atoms with van der Waals surface area (Å²) in [4.78, 5) is 24.7. The standard InChI is InChI=1S/C25H27N5O/c1-16-8-9-20-21(13-23(28-24(20)11-16)19-14-27-29(4)15-19)25(31)30(5)18(3)12-22-17(2)7-6-10-26-22/h6-11,13-15,18H,12H2,1-5H3/t18-/m0/s1. The number of nitrogens with zero attached hydrogens (tertiary/aromatic N) is 5. The normalized spacial score (nSPS) is 12.2. The van der Waals surface area contributed by atoms with Crippen LogP contribution in [0.5, 0.6) is 0 Å². The third-order valence-corrected chi connectivity index (χ3v) is 5.78. The lowest BCUT2D eigenvalue weighted by atomic mass is 10.0. The van der Waals surface area contributed by atoms with E-state index in [0.29, 0.717) is 12.0 Å². The number of pyridine rings is 2. The number of amides is 1. The van der Waals surface area contributed by atoms with Crippen molar-refractivity contribution in [1.82, 2.24) is 24.6 Å². The average molecular weight is 414 g/mol. The van der Waals surface area contributed by atoms with Crippen molar-refractivity contribution in [3.05, 3.63) is 77.4 Å². The van der Waals surface area contributed by atoms with Crippen LogP contribution in [0.3, 0.4) is 0 Å². The Kier molecular flexibility index (Phi) is 5.55. The molecular formula is C25H27N5O. The lowest BCUT2D eigenvalue weighted by Crippen LogP contribution is -2.37. The lowest BCUT2D eigenvalue weighted by Gasteiger charge is -2.26. The van der Waals surface area contributed by atoms with Gasteiger partial charge >= 0.3 is 0 Å². The zero-order chi connectivity index (χ0) is 22.1. The predicted molar refractivity (Wildman–Crippen MR) is 123 cm³/mol. The Balaban J connectivity index is 1.73. The van der Waals surface area contributed by atoms with Crippen LogP contribution in [-0.2, 0) is 13.5 Å². The van der Waals surface area contributed by atoms with Crippen LogP contribution in [0, 0.1) is 13.8 Å². The number of aromatic nitrogens is 4. The summed E-state index contributed by atoms with van der Waals surface area (Å²) >= 11 is 0. The lowest BCUT2D eigenvalue weighted by molar-refractivity contribution is 0.0744. The molecule has 3 aromatic heterocycles. The number of carbonyl (C=O) groups excluding carboxylic acids is 1. The highest BCUT2D eigenvalue weighted by Crippen LogP contribution is 2.27. The first-order valence-corrected chi connectivity index (χ1v) is 10.4. The molecule has 0 saturated carbocycles. The number of benzene rings is 1. The summed E-state index contributed by atoms with van der Waals surface area (Å²) in [7, 11) is 3.73. The molecule has 31 heavy (non-hydrogen) atoms. The molecular weight excluding hydrogens is 386 g/mol. The fraction of sp³-hybridized carbons (Fsp3) is 0.280. The van der Waals surface area contributed by atoms with Crippen LogP contribution in [0.15, 0.2) is 55.0 Å². The Morgan fingerprint density at radius 1 is 1.19 bits per heavy atom. The maximum absolute atomic E-state index is 13.6. The van der Waals surface area contributed by atoms with Gasteiger partial charge in [0, 0.05) is 55.6 Å². The maximum Gasteiger partial charge on any atom is 0.254 e. The van der Waals surface area contributed by atoms with E-state index in [1.165, 1.54) is 0 Å². The van der Waals surface area contributed by atoms with Crippen molar-refractivity contribution in [3.8, 4) is 11.3 Å². The number of fused-ring (bicyclic) bond motifs is 1. The molecule has 1 atom stereocenters. The quantitative estimate of drug-likeness (QED) is 0.488. The Hall–Kier alpha value is -3.54. The monoisotopic (exact) mass is 413 g/mol. The molecule has 1 aromatic carbocycles. The van der Waals surface area contributed by atoms with Gasteiger partial charge in [0.05, 0.1) is 23.0 Å². The Labute approximate surface area is 182 Å². The van der Waals surface area contributed by atoms with Gasteiger partial charge in [-0.3, -0.25) is 14.5 Å². The van der Waals surface area contributed by atoms with E-state index in [1.54, 1.807) is 22.0 Å². The molecule has 0 saturated heterocycles. The van der Waals surface area contributed by atoms with Gasteiger partial charge in [-0.1, -0.05) is 18.2 Å². The van der Waals surface area contributed by atoms with Gasteiger partial charge in [-0.25, -0.2) is 4.98 Å². The summed E-state index contributed by atoms with van der Waals surface area (Å²) in [5.74, 6) is -0.0255. The van der Waals surface area contributed by atoms with Crippen LogP contribution < -0.4 is 0 Å². The van der Waals surface area contributed by atoms with E-state index in [1.807, 2.05) is 57.5 Å². The highest BCUT2D eigenvalue weighted by Gasteiger charge is 2.22. The Bertz CT molecular complexity index is 1260. The summed E-state index contributed by atoms with van der Waals surface area (Å²) in [6, 6.07) is 11.9. The number of aryl methyl sites for hydroxylation is 3. The van der Waals surface area contributed by atoms with Gasteiger partial charge in [-0.15, -0.1) is 0 Å². The van der Waals surface area contributed by atoms with Crippen molar-refractivity contribution in [2.45, 2.75) is 33.2 Å². The molecule has 0 aliphatic rings. The second-order valence-electron chi connectivity index (χ2n) is 8.21. The van der Waals surface area contributed by atoms with E-state index in [0.717, 1.165) is 39.0 Å². The van der Waals surface area contributed by atoms with Crippen molar-refractivity contribution < 1.29 is 4.79 Å². The topological polar surface area (TPSA) is 63.9 Å². The second-order valence-corrected chi connectivity index (χ2v) is 8.21. The molecule has 4 rings (SSSR count). The van der Waals surface area contributed by atoms with E-state index in [-0.39, 0.29) is 11.9 Å². The van der Waals surface area contributed by atoms with E-state index in [4.69, 9.17) is 4.98 Å². The molecule has 0 aliphatic heterocycles. The number of hydrogen-bond acceptors (Lipinski definition) is 4. The molecule has 0 fully saturated rings. The molecule has 0 unspecified atom stereocenters. The predicted octanol–water partition coefficient (Wildman–Crippen LogP) is 4.35. The number of carbonyl (C=O) groups is 1. The smallest absolute Gasteiger partial charge is 0.254 e. The summed E-state index contributed by atoms with van der Waals surface area (Å²) in [6.07, 6.45) is 6.19. The molecule has 0 aliphatic carbocycles. The summed E-state index contributed by atoms with van der Waals surface area (Å²) in [5, 5.41) is 5.12. The summed E-state index contributed by atoms with van der Waals surface area (Å²) < 4.78 is 1.74. The van der Waals surface area contributed by atoms with Crippen LogP contribution in [0.4, 0.5) is 0 Å². The Morgan fingerprint density at radius 3 is 2.71 bits per heavy atom. The Morgan fingerprint density at radius 2 is 2.00 bits per heavy atom. The van der Waals surface area contributed by atoms with Gasteiger partial charge < -0.3 is 4.90 Å². The molecule has 1 amide bonds. The molecule has 0 spiro atoms. The third-order valence-electron chi connectivity index (χ3n) is 5.78. The van der Waals surface area contributed by atoms with Gasteiger partial charge in [-0.2, -0.15) is 5.10 Å². The zero-order valence-electron chi connectivity index (χ0n) is 18.6. The van der Waals surface area contributed by atoms with Gasteiger partial charge in [0.15, 0.2) is 0 Å². The minimum Gasteiger partial charge on any atom is -0.339 e. The first-order valence-electron chi connectivity index (χ1n) is 10.4. The highest BCUT2D eigenvalue weighted by molar-refractivity contribution is 6.07. The third kappa shape index (κ3) is 4.19. The van der Waals surface area contributed by atoms with E-state index in [2.05, 4.69) is 30.0 Å². The largest absolute Gasteiger partial charge is 0.339 e. The second kappa shape index (κ2) is 8.30. The van der Waals surface area contributed by atoms with Crippen LogP contribution in [0.2, 0.25) is 0 Å². The van der Waals surface area contributed by atoms with Gasteiger partial charge in [0.2, 0.25) is 0 Å². The van der Waals surface area contributed by atoms with Crippen molar-refractivity contribution >= 4 is 16.8 Å². The molecule has 3 heterocycles. The highest BCUT2D eigenvalue weighted by atomic mass is 16.2. The number of rotatable bonds is 5. The van der Waals surface area contributed by atoms with Crippen molar-refractivity contribution in [3.63, 3.8) is 0 Å². The molecule has 4 aromatic rings. The molecule has 158 valence electrons. The SMILES string of the molecule is Cc1ccc2c(C(=O)N(C)[C@@H](C)Cc3ncccc3C)cc(-c3cnn(C)c3)nc2c1. The van der Waals surface area contributed by atoms with Crippen LogP contribution in [-0.4, -0.2) is 43.6 Å². The van der Waals surface area contributed by atoms with Gasteiger partial charge in [-0.05, 0) is 50.1 Å². The van der Waals surface area contributed by atoms with Crippen LogP contribution in [0.1, 0.15) is 34.1 Å². The van der Waals surface area contributed by atoms with Gasteiger partial charge in [0.25, 0.3) is 5.91 Å².